The van der Waals surface area contributed by atoms with Crippen LogP contribution in [0.2, 0.25) is 5.02 Å². The summed E-state index contributed by atoms with van der Waals surface area (Å²) < 4.78 is 12.2. The Morgan fingerprint density at radius 1 is 1.30 bits per heavy atom. The maximum Gasteiger partial charge on any atom is 0.409 e. The number of rotatable bonds is 7. The highest BCUT2D eigenvalue weighted by atomic mass is 35.5. The van der Waals surface area contributed by atoms with E-state index in [0.717, 1.165) is 5.69 Å². The van der Waals surface area contributed by atoms with E-state index in [-0.39, 0.29) is 17.7 Å². The van der Waals surface area contributed by atoms with E-state index in [4.69, 9.17) is 26.1 Å². The monoisotopic (exact) mass is 477 g/mol. The minimum Gasteiger partial charge on any atom is -0.453 e. The van der Waals surface area contributed by atoms with Crippen LogP contribution in [-0.2, 0) is 22.9 Å². The van der Waals surface area contributed by atoms with Crippen molar-refractivity contribution in [1.29, 1.82) is 0 Å². The van der Waals surface area contributed by atoms with E-state index < -0.39 is 6.09 Å². The second kappa shape index (κ2) is 10.4. The largest absolute Gasteiger partial charge is 0.453 e. The maximum atomic E-state index is 13.4. The summed E-state index contributed by atoms with van der Waals surface area (Å²) in [5, 5.41) is 3.84. The van der Waals surface area contributed by atoms with Crippen molar-refractivity contribution < 1.29 is 14.3 Å². The Labute approximate surface area is 199 Å². The van der Waals surface area contributed by atoms with Gasteiger partial charge in [-0.25, -0.2) is 9.78 Å². The average molecular weight is 478 g/mol. The number of hydrogen-bond acceptors (Lipinski definition) is 7. The van der Waals surface area contributed by atoms with Gasteiger partial charge in [0.2, 0.25) is 0 Å². The molecule has 2 atom stereocenters. The summed E-state index contributed by atoms with van der Waals surface area (Å²) >= 11 is 6.55. The zero-order chi connectivity index (χ0) is 24.3. The van der Waals surface area contributed by atoms with Crippen molar-refractivity contribution in [1.82, 2.24) is 14.5 Å². The lowest BCUT2D eigenvalue weighted by molar-refractivity contribution is 0.0614. The smallest absolute Gasteiger partial charge is 0.409 e. The van der Waals surface area contributed by atoms with Crippen molar-refractivity contribution in [2.45, 2.75) is 32.4 Å². The van der Waals surface area contributed by atoms with Gasteiger partial charge in [0.25, 0.3) is 5.56 Å². The molecule has 2 aromatic rings. The fourth-order valence-electron chi connectivity index (χ4n) is 4.01. The SMILES string of the molecule is CCO[C@H]1CN(C(=O)OC)C[C@H]1Nc1c(CC)nc(-c2ccc(N(C)C)cc2Cl)n(C)c1=O. The Balaban J connectivity index is 1.99. The molecular formula is C23H32ClN5O4. The maximum absolute atomic E-state index is 13.4. The Bertz CT molecular complexity index is 1070. The fraction of sp³-hybridized carbons (Fsp3) is 0.522. The molecule has 1 N–H and O–H groups in total. The lowest BCUT2D eigenvalue weighted by Crippen LogP contribution is -2.38. The molecule has 1 aromatic carbocycles. The first kappa shape index (κ1) is 24.9. The predicted octanol–water partition coefficient (Wildman–Crippen LogP) is 3.00. The van der Waals surface area contributed by atoms with Crippen LogP contribution in [0.1, 0.15) is 19.5 Å². The molecule has 33 heavy (non-hydrogen) atoms. The van der Waals surface area contributed by atoms with E-state index in [9.17, 15) is 9.59 Å². The Kier molecular flexibility index (Phi) is 7.86. The summed E-state index contributed by atoms with van der Waals surface area (Å²) in [6, 6.07) is 5.41. The molecule has 0 saturated carbocycles. The van der Waals surface area contributed by atoms with E-state index in [1.807, 2.05) is 51.0 Å². The van der Waals surface area contributed by atoms with Crippen LogP contribution in [0.4, 0.5) is 16.2 Å². The highest BCUT2D eigenvalue weighted by Gasteiger charge is 2.37. The van der Waals surface area contributed by atoms with Gasteiger partial charge in [-0.2, -0.15) is 0 Å². The Morgan fingerprint density at radius 3 is 2.61 bits per heavy atom. The van der Waals surface area contributed by atoms with Crippen LogP contribution in [0.5, 0.6) is 0 Å². The van der Waals surface area contributed by atoms with E-state index in [1.54, 1.807) is 11.9 Å². The van der Waals surface area contributed by atoms with Crippen LogP contribution >= 0.6 is 11.6 Å². The zero-order valence-corrected chi connectivity index (χ0v) is 20.8. The molecule has 1 aliphatic heterocycles. The first-order chi connectivity index (χ1) is 15.7. The number of carbonyl (C=O) groups is 1. The van der Waals surface area contributed by atoms with Crippen molar-refractivity contribution in [2.75, 3.05) is 51.1 Å². The van der Waals surface area contributed by atoms with Gasteiger partial charge in [0.05, 0.1) is 36.5 Å². The second-order valence-electron chi connectivity index (χ2n) is 8.15. The molecule has 9 nitrogen and oxygen atoms in total. The minimum absolute atomic E-state index is 0.212. The van der Waals surface area contributed by atoms with Gasteiger partial charge in [-0.15, -0.1) is 0 Å². The summed E-state index contributed by atoms with van der Waals surface area (Å²) in [6.07, 6.45) is -0.140. The molecule has 0 radical (unpaired) electrons. The lowest BCUT2D eigenvalue weighted by Gasteiger charge is -2.22. The van der Waals surface area contributed by atoms with Crippen LogP contribution < -0.4 is 15.8 Å². The van der Waals surface area contributed by atoms with Gasteiger partial charge < -0.3 is 24.6 Å². The molecule has 1 amide bonds. The number of nitrogens with one attached hydrogen (secondary N) is 1. The second-order valence-corrected chi connectivity index (χ2v) is 8.56. The van der Waals surface area contributed by atoms with Gasteiger partial charge in [-0.3, -0.25) is 9.36 Å². The molecule has 0 spiro atoms. The molecule has 2 heterocycles. The number of benzene rings is 1. The van der Waals surface area contributed by atoms with Crippen LogP contribution in [0, 0.1) is 0 Å². The van der Waals surface area contributed by atoms with Crippen molar-refractivity contribution in [3.8, 4) is 11.4 Å². The van der Waals surface area contributed by atoms with Crippen LogP contribution in [0.25, 0.3) is 11.4 Å². The number of likely N-dealkylation sites (tertiary alicyclic amines) is 1. The summed E-state index contributed by atoms with van der Waals surface area (Å²) in [7, 11) is 6.91. The number of methoxy groups -OCH3 is 1. The first-order valence-corrected chi connectivity index (χ1v) is 11.4. The first-order valence-electron chi connectivity index (χ1n) is 11.0. The van der Waals surface area contributed by atoms with Crippen molar-refractivity contribution in [3.05, 3.63) is 39.3 Å². The van der Waals surface area contributed by atoms with Gasteiger partial charge in [0.15, 0.2) is 0 Å². The standard InChI is InChI=1S/C23H32ClN5O4/c1-7-17-20(25-18-12-29(23(31)32-6)13-19(18)33-8-2)22(30)28(5)21(26-17)15-10-9-14(27(3)4)11-16(15)24/h9-11,18-19,25H,7-8,12-13H2,1-6H3/t18-,19+/m1/s1. The molecule has 10 heteroatoms. The number of aromatic nitrogens is 2. The third-order valence-corrected chi connectivity index (χ3v) is 6.13. The number of aryl methyl sites for hydroxylation is 1. The zero-order valence-electron chi connectivity index (χ0n) is 20.0. The van der Waals surface area contributed by atoms with E-state index >= 15 is 0 Å². The molecule has 1 aliphatic rings. The quantitative estimate of drug-likeness (QED) is 0.655. The Hall–Kier alpha value is -2.78. The summed E-state index contributed by atoms with van der Waals surface area (Å²) in [6.45, 7) is 5.09. The molecule has 1 saturated heterocycles. The minimum atomic E-state index is -0.420. The summed E-state index contributed by atoms with van der Waals surface area (Å²) in [5.74, 6) is 0.502. The number of halogens is 1. The molecule has 180 valence electrons. The van der Waals surface area contributed by atoms with Crippen LogP contribution in [0.15, 0.2) is 23.0 Å². The fourth-order valence-corrected chi connectivity index (χ4v) is 4.27. The highest BCUT2D eigenvalue weighted by molar-refractivity contribution is 6.33. The number of hydrogen-bond donors (Lipinski definition) is 1. The molecule has 0 unspecified atom stereocenters. The molecule has 3 rings (SSSR count). The summed E-state index contributed by atoms with van der Waals surface area (Å²) in [5.41, 5.74) is 2.48. The third kappa shape index (κ3) is 5.09. The van der Waals surface area contributed by atoms with Gasteiger partial charge in [0, 0.05) is 45.5 Å². The number of ether oxygens (including phenoxy) is 2. The number of amides is 1. The van der Waals surface area contributed by atoms with E-state index in [0.29, 0.717) is 53.9 Å². The van der Waals surface area contributed by atoms with Gasteiger partial charge in [-0.1, -0.05) is 18.5 Å². The van der Waals surface area contributed by atoms with Gasteiger partial charge in [0.1, 0.15) is 11.5 Å². The van der Waals surface area contributed by atoms with Gasteiger partial charge in [-0.05, 0) is 31.5 Å². The molecule has 0 aliphatic carbocycles. The molecule has 1 fully saturated rings. The molecule has 1 aromatic heterocycles. The highest BCUT2D eigenvalue weighted by Crippen LogP contribution is 2.30. The van der Waals surface area contributed by atoms with Gasteiger partial charge >= 0.3 is 6.09 Å². The molecule has 0 bridgehead atoms. The van der Waals surface area contributed by atoms with E-state index in [2.05, 4.69) is 5.32 Å². The Morgan fingerprint density at radius 2 is 2.03 bits per heavy atom. The van der Waals surface area contributed by atoms with Crippen molar-refractivity contribution in [3.63, 3.8) is 0 Å². The average Bonchev–Trinajstić information content (AvgIpc) is 3.19. The van der Waals surface area contributed by atoms with Crippen molar-refractivity contribution >= 4 is 29.1 Å². The topological polar surface area (TPSA) is 88.9 Å². The van der Waals surface area contributed by atoms with Crippen LogP contribution in [0.3, 0.4) is 0 Å². The van der Waals surface area contributed by atoms with Crippen LogP contribution in [-0.4, -0.2) is 73.6 Å². The third-order valence-electron chi connectivity index (χ3n) is 5.82. The van der Waals surface area contributed by atoms with E-state index in [1.165, 1.54) is 11.7 Å². The number of carbonyl (C=O) groups excluding carboxylic acids is 1. The molecular weight excluding hydrogens is 446 g/mol. The number of nitrogens with zero attached hydrogens (tertiary/aromatic N) is 4. The predicted molar refractivity (Wildman–Crippen MR) is 130 cm³/mol. The lowest BCUT2D eigenvalue weighted by atomic mass is 10.1. The number of anilines is 2. The van der Waals surface area contributed by atoms with Crippen molar-refractivity contribution in [2.24, 2.45) is 7.05 Å². The summed E-state index contributed by atoms with van der Waals surface area (Å²) in [4.78, 5) is 33.8. The normalized spacial score (nSPS) is 17.8.